The Morgan fingerprint density at radius 1 is 1.27 bits per heavy atom. The lowest BCUT2D eigenvalue weighted by Gasteiger charge is -2.30. The van der Waals surface area contributed by atoms with Crippen molar-refractivity contribution < 1.29 is 0 Å². The fourth-order valence-corrected chi connectivity index (χ4v) is 1.23. The first-order chi connectivity index (χ1) is 7.30. The van der Waals surface area contributed by atoms with Gasteiger partial charge in [0, 0.05) is 25.7 Å². The van der Waals surface area contributed by atoms with Crippen LogP contribution in [0.25, 0.3) is 0 Å². The third-order valence-corrected chi connectivity index (χ3v) is 1.75. The minimum absolute atomic E-state index is 0.762. The number of aliphatic imine (C=N–C) groups is 1. The fourth-order valence-electron chi connectivity index (χ4n) is 1.23. The molecule has 0 radical (unpaired) electrons. The Bertz CT molecular complexity index is 247. The van der Waals surface area contributed by atoms with Crippen molar-refractivity contribution in [2.24, 2.45) is 4.99 Å². The molecule has 0 atom stereocenters. The molecule has 1 heterocycles. The molecule has 0 bridgehead atoms. The summed E-state index contributed by atoms with van der Waals surface area (Å²) in [5.74, 6) is 1.78. The first kappa shape index (κ1) is 11.8. The van der Waals surface area contributed by atoms with Crippen molar-refractivity contribution in [3.05, 3.63) is 11.9 Å². The van der Waals surface area contributed by atoms with Crippen LogP contribution in [-0.4, -0.2) is 30.7 Å². The summed E-state index contributed by atoms with van der Waals surface area (Å²) in [5.41, 5.74) is 9.32. The van der Waals surface area contributed by atoms with E-state index >= 15 is 0 Å². The third kappa shape index (κ3) is 3.77. The van der Waals surface area contributed by atoms with E-state index in [0.29, 0.717) is 0 Å². The second kappa shape index (κ2) is 6.26. The molecule has 0 saturated heterocycles. The molecule has 0 fully saturated rings. The van der Waals surface area contributed by atoms with E-state index in [9.17, 15) is 0 Å². The molecule has 0 aromatic carbocycles. The van der Waals surface area contributed by atoms with Crippen molar-refractivity contribution >= 4 is 5.84 Å². The maximum Gasteiger partial charge on any atom is 0.141 e. The van der Waals surface area contributed by atoms with Crippen molar-refractivity contribution in [2.75, 3.05) is 19.6 Å². The van der Waals surface area contributed by atoms with E-state index < -0.39 is 0 Å². The van der Waals surface area contributed by atoms with Crippen molar-refractivity contribution in [2.45, 2.75) is 20.8 Å². The lowest BCUT2D eigenvalue weighted by molar-refractivity contribution is 0.0918. The second-order valence-corrected chi connectivity index (χ2v) is 3.02. The maximum absolute atomic E-state index is 4.32. The largest absolute Gasteiger partial charge is 0.371 e. The predicted molar refractivity (Wildman–Crippen MR) is 61.5 cm³/mol. The first-order valence-corrected chi connectivity index (χ1v) is 5.37. The van der Waals surface area contributed by atoms with Crippen LogP contribution < -0.4 is 21.6 Å². The Kier molecular flexibility index (Phi) is 4.92. The standard InChI is InChI=1S/C9H20N6/c1-4-10-8-7-9(11-5-2)14-15(13-8)12-6-3/h7,10,12-13H,4-6H2,1-3H3,(H,11,14). The summed E-state index contributed by atoms with van der Waals surface area (Å²) < 4.78 is 0. The van der Waals surface area contributed by atoms with E-state index in [0.717, 1.165) is 31.3 Å². The van der Waals surface area contributed by atoms with Crippen LogP contribution in [0.5, 0.6) is 0 Å². The lowest BCUT2D eigenvalue weighted by atomic mass is 10.4. The average Bonchev–Trinajstić information content (AvgIpc) is 2.19. The Morgan fingerprint density at radius 3 is 2.67 bits per heavy atom. The highest BCUT2D eigenvalue weighted by Gasteiger charge is 2.12. The minimum atomic E-state index is 0.762. The number of nitrogens with zero attached hydrogens (tertiary/aromatic N) is 2. The molecule has 1 aliphatic heterocycles. The molecule has 0 saturated carbocycles. The van der Waals surface area contributed by atoms with Crippen LogP contribution in [0.1, 0.15) is 20.8 Å². The summed E-state index contributed by atoms with van der Waals surface area (Å²) >= 11 is 0. The molecule has 1 aliphatic rings. The molecule has 0 spiro atoms. The zero-order valence-electron chi connectivity index (χ0n) is 9.59. The highest BCUT2D eigenvalue weighted by molar-refractivity contribution is 5.93. The normalized spacial score (nSPS) is 19.4. The molecular formula is C9H20N6. The smallest absolute Gasteiger partial charge is 0.141 e. The molecule has 15 heavy (non-hydrogen) atoms. The Balaban J connectivity index is 2.65. The van der Waals surface area contributed by atoms with E-state index in [1.54, 1.807) is 5.23 Å². The highest BCUT2D eigenvalue weighted by atomic mass is 15.9. The Labute approximate surface area is 90.7 Å². The predicted octanol–water partition coefficient (Wildman–Crippen LogP) is -0.295. The number of hydrazine groups is 3. The summed E-state index contributed by atoms with van der Waals surface area (Å²) in [6, 6.07) is 0. The van der Waals surface area contributed by atoms with Crippen LogP contribution in [0.2, 0.25) is 0 Å². The van der Waals surface area contributed by atoms with Crippen LogP contribution in [0, 0.1) is 0 Å². The summed E-state index contributed by atoms with van der Waals surface area (Å²) in [5, 5.41) is 4.91. The number of amidine groups is 1. The third-order valence-electron chi connectivity index (χ3n) is 1.75. The van der Waals surface area contributed by atoms with Crippen molar-refractivity contribution in [1.82, 2.24) is 26.8 Å². The monoisotopic (exact) mass is 212 g/mol. The molecule has 86 valence electrons. The molecular weight excluding hydrogens is 192 g/mol. The first-order valence-electron chi connectivity index (χ1n) is 5.37. The Morgan fingerprint density at radius 2 is 2.07 bits per heavy atom. The van der Waals surface area contributed by atoms with Gasteiger partial charge in [0.2, 0.25) is 0 Å². The van der Waals surface area contributed by atoms with Gasteiger partial charge < -0.3 is 5.32 Å². The van der Waals surface area contributed by atoms with Crippen LogP contribution in [0.15, 0.2) is 16.9 Å². The topological polar surface area (TPSA) is 63.7 Å². The van der Waals surface area contributed by atoms with Crippen LogP contribution in [-0.2, 0) is 0 Å². The van der Waals surface area contributed by atoms with Gasteiger partial charge in [-0.15, -0.1) is 0 Å². The van der Waals surface area contributed by atoms with E-state index in [1.807, 2.05) is 19.9 Å². The zero-order chi connectivity index (χ0) is 11.1. The Hall–Kier alpha value is -1.27. The van der Waals surface area contributed by atoms with Crippen molar-refractivity contribution in [3.63, 3.8) is 0 Å². The molecule has 6 nitrogen and oxygen atoms in total. The van der Waals surface area contributed by atoms with Crippen molar-refractivity contribution in [1.29, 1.82) is 0 Å². The number of hydrogen-bond acceptors (Lipinski definition) is 5. The molecule has 0 unspecified atom stereocenters. The van der Waals surface area contributed by atoms with Gasteiger partial charge >= 0.3 is 0 Å². The van der Waals surface area contributed by atoms with Gasteiger partial charge in [0.1, 0.15) is 11.7 Å². The van der Waals surface area contributed by atoms with E-state index in [-0.39, 0.29) is 0 Å². The number of hydrogen-bond donors (Lipinski definition) is 4. The van der Waals surface area contributed by atoms with E-state index in [1.165, 1.54) is 0 Å². The SMILES string of the molecule is CCN=C1C=C(NCC)NN(NCC)N1. The molecule has 4 N–H and O–H groups in total. The quantitative estimate of drug-likeness (QED) is 0.504. The maximum atomic E-state index is 4.32. The van der Waals surface area contributed by atoms with Crippen LogP contribution in [0.4, 0.5) is 0 Å². The van der Waals surface area contributed by atoms with Crippen LogP contribution >= 0.6 is 0 Å². The van der Waals surface area contributed by atoms with Gasteiger partial charge in [0.05, 0.1) is 0 Å². The summed E-state index contributed by atoms with van der Waals surface area (Å²) in [7, 11) is 0. The summed E-state index contributed by atoms with van der Waals surface area (Å²) in [6.45, 7) is 8.56. The van der Waals surface area contributed by atoms with Gasteiger partial charge in [-0.1, -0.05) is 12.2 Å². The molecule has 0 aromatic rings. The van der Waals surface area contributed by atoms with Gasteiger partial charge in [0.15, 0.2) is 0 Å². The van der Waals surface area contributed by atoms with Crippen molar-refractivity contribution in [3.8, 4) is 0 Å². The lowest BCUT2D eigenvalue weighted by Crippen LogP contribution is -2.61. The molecule has 0 aliphatic carbocycles. The van der Waals surface area contributed by atoms with Gasteiger partial charge in [0.25, 0.3) is 0 Å². The van der Waals surface area contributed by atoms with E-state index in [4.69, 9.17) is 0 Å². The second-order valence-electron chi connectivity index (χ2n) is 3.02. The van der Waals surface area contributed by atoms with E-state index in [2.05, 4.69) is 33.5 Å². The van der Waals surface area contributed by atoms with Gasteiger partial charge in [-0.05, 0) is 13.8 Å². The average molecular weight is 212 g/mol. The van der Waals surface area contributed by atoms with Crippen LogP contribution in [0.3, 0.4) is 0 Å². The molecule has 6 heteroatoms. The zero-order valence-corrected chi connectivity index (χ0v) is 9.59. The van der Waals surface area contributed by atoms with Gasteiger partial charge in [-0.25, -0.2) is 5.43 Å². The molecule has 1 rings (SSSR count). The molecule has 0 aromatic heterocycles. The summed E-state index contributed by atoms with van der Waals surface area (Å²) in [6.07, 6.45) is 1.95. The number of rotatable bonds is 5. The summed E-state index contributed by atoms with van der Waals surface area (Å²) in [4.78, 5) is 4.32. The fraction of sp³-hybridized carbons (Fsp3) is 0.667. The molecule has 0 amide bonds. The van der Waals surface area contributed by atoms with Gasteiger partial charge in [-0.3, -0.25) is 15.8 Å². The highest BCUT2D eigenvalue weighted by Crippen LogP contribution is 1.93. The minimum Gasteiger partial charge on any atom is -0.371 e. The van der Waals surface area contributed by atoms with Gasteiger partial charge in [-0.2, -0.15) is 0 Å². The number of nitrogens with one attached hydrogen (secondary N) is 4.